The molecule has 142 valence electrons. The molecule has 2 aromatic rings. The van der Waals surface area contributed by atoms with E-state index in [9.17, 15) is 14.4 Å². The fourth-order valence-corrected chi connectivity index (χ4v) is 4.66. The second-order valence-electron chi connectivity index (χ2n) is 7.36. The highest BCUT2D eigenvalue weighted by Crippen LogP contribution is 2.37. The fraction of sp³-hybridized carbons (Fsp3) is 0.429. The number of hydrogen-bond donors (Lipinski definition) is 1. The lowest BCUT2D eigenvalue weighted by atomic mass is 9.86. The van der Waals surface area contributed by atoms with E-state index >= 15 is 0 Å². The van der Waals surface area contributed by atoms with E-state index < -0.39 is 11.8 Å². The first-order valence-electron chi connectivity index (χ1n) is 9.08. The Kier molecular flexibility index (Phi) is 5.56. The van der Waals surface area contributed by atoms with Crippen LogP contribution >= 0.6 is 11.3 Å². The van der Waals surface area contributed by atoms with Gasteiger partial charge in [0.2, 0.25) is 5.91 Å². The van der Waals surface area contributed by atoms with E-state index in [0.717, 1.165) is 32.1 Å². The van der Waals surface area contributed by atoms with Gasteiger partial charge in [0.1, 0.15) is 16.7 Å². The lowest BCUT2D eigenvalue weighted by Crippen LogP contribution is -2.27. The third-order valence-corrected chi connectivity index (χ3v) is 5.93. The molecular formula is C21H24N2O3S. The molecule has 0 saturated heterocycles. The molecule has 1 aromatic heterocycles. The summed E-state index contributed by atoms with van der Waals surface area (Å²) in [6, 6.07) is 4.00. The van der Waals surface area contributed by atoms with Crippen LogP contribution in [0, 0.1) is 33.6 Å². The van der Waals surface area contributed by atoms with Crippen molar-refractivity contribution in [1.82, 2.24) is 10.3 Å². The molecule has 0 aliphatic heterocycles. The van der Waals surface area contributed by atoms with Crippen LogP contribution in [-0.2, 0) is 20.9 Å². The van der Waals surface area contributed by atoms with Gasteiger partial charge in [0.15, 0.2) is 5.78 Å². The van der Waals surface area contributed by atoms with Crippen LogP contribution in [0.15, 0.2) is 18.3 Å². The number of aryl methyl sites for hydroxylation is 4. The smallest absolute Gasteiger partial charge is 0.221 e. The molecule has 1 N–H and O–H groups in total. The Morgan fingerprint density at radius 1 is 1.19 bits per heavy atom. The summed E-state index contributed by atoms with van der Waals surface area (Å²) < 4.78 is 0. The van der Waals surface area contributed by atoms with Gasteiger partial charge in [-0.2, -0.15) is 0 Å². The molecule has 0 radical (unpaired) electrons. The van der Waals surface area contributed by atoms with Crippen LogP contribution in [0.4, 0.5) is 0 Å². The van der Waals surface area contributed by atoms with E-state index in [2.05, 4.69) is 10.3 Å². The molecule has 5 nitrogen and oxygen atoms in total. The third kappa shape index (κ3) is 4.16. The zero-order valence-corrected chi connectivity index (χ0v) is 16.9. The Hall–Kier alpha value is -2.34. The first-order valence-corrected chi connectivity index (χ1v) is 9.90. The van der Waals surface area contributed by atoms with Crippen LogP contribution in [0.2, 0.25) is 0 Å². The highest BCUT2D eigenvalue weighted by molar-refractivity contribution is 7.11. The topological polar surface area (TPSA) is 76.1 Å². The summed E-state index contributed by atoms with van der Waals surface area (Å²) >= 11 is 1.53. The van der Waals surface area contributed by atoms with Gasteiger partial charge in [-0.15, -0.1) is 11.3 Å². The van der Waals surface area contributed by atoms with Gasteiger partial charge in [-0.25, -0.2) is 4.98 Å². The van der Waals surface area contributed by atoms with Crippen LogP contribution in [0.1, 0.15) is 50.9 Å². The Balaban J connectivity index is 1.68. The standard InChI is InChI=1S/C21H24N2O3S/c1-11-5-12(2)19(13(3)6-11)20-16(24)7-15(21(20)26)8-17(25)22-10-18-23-9-14(4)27-18/h5-6,9,15,20H,7-8,10H2,1-4H3,(H,22,25). The zero-order chi connectivity index (χ0) is 19.7. The summed E-state index contributed by atoms with van der Waals surface area (Å²) in [5.41, 5.74) is 3.85. The second kappa shape index (κ2) is 7.72. The lowest BCUT2D eigenvalue weighted by Gasteiger charge is -2.16. The van der Waals surface area contributed by atoms with Crippen molar-refractivity contribution in [2.24, 2.45) is 5.92 Å². The number of carbonyl (C=O) groups excluding carboxylic acids is 3. The average Bonchev–Trinajstić information content (AvgIpc) is 3.10. The van der Waals surface area contributed by atoms with Crippen molar-refractivity contribution in [3.05, 3.63) is 50.5 Å². The minimum absolute atomic E-state index is 0.0510. The minimum Gasteiger partial charge on any atom is -0.350 e. The number of thiazole rings is 1. The summed E-state index contributed by atoms with van der Waals surface area (Å²) in [6.45, 7) is 8.18. The van der Waals surface area contributed by atoms with Crippen LogP contribution in [0.5, 0.6) is 0 Å². The molecule has 1 heterocycles. The summed E-state index contributed by atoms with van der Waals surface area (Å²) in [4.78, 5) is 43.0. The highest BCUT2D eigenvalue weighted by Gasteiger charge is 2.43. The van der Waals surface area contributed by atoms with Gasteiger partial charge < -0.3 is 5.32 Å². The van der Waals surface area contributed by atoms with E-state index in [0.29, 0.717) is 6.54 Å². The molecule has 1 aliphatic carbocycles. The van der Waals surface area contributed by atoms with Gasteiger partial charge >= 0.3 is 0 Å². The largest absolute Gasteiger partial charge is 0.350 e. The van der Waals surface area contributed by atoms with Crippen LogP contribution in [0.3, 0.4) is 0 Å². The first kappa shape index (κ1) is 19.4. The average molecular weight is 385 g/mol. The minimum atomic E-state index is -0.731. The Bertz CT molecular complexity index is 893. The van der Waals surface area contributed by atoms with Gasteiger partial charge in [-0.1, -0.05) is 17.7 Å². The Morgan fingerprint density at radius 2 is 1.85 bits per heavy atom. The fourth-order valence-electron chi connectivity index (χ4n) is 3.93. The molecule has 3 rings (SSSR count). The monoisotopic (exact) mass is 384 g/mol. The maximum Gasteiger partial charge on any atom is 0.221 e. The third-order valence-electron chi connectivity index (χ3n) is 5.02. The number of nitrogens with zero attached hydrogens (tertiary/aromatic N) is 1. The van der Waals surface area contributed by atoms with Gasteiger partial charge in [-0.3, -0.25) is 14.4 Å². The SMILES string of the molecule is Cc1cc(C)c(C2C(=O)CC(CC(=O)NCc3ncc(C)s3)C2=O)c(C)c1. The summed E-state index contributed by atoms with van der Waals surface area (Å²) in [5.74, 6) is -1.70. The van der Waals surface area contributed by atoms with Gasteiger partial charge in [-0.05, 0) is 44.4 Å². The predicted octanol–water partition coefficient (Wildman–Crippen LogP) is 3.32. The Labute approximate surface area is 163 Å². The van der Waals surface area contributed by atoms with Crippen molar-refractivity contribution in [3.63, 3.8) is 0 Å². The van der Waals surface area contributed by atoms with Gasteiger partial charge in [0.05, 0.1) is 6.54 Å². The van der Waals surface area contributed by atoms with Gasteiger partial charge in [0, 0.05) is 29.8 Å². The molecular weight excluding hydrogens is 360 g/mol. The normalized spacial score (nSPS) is 19.6. The number of benzene rings is 1. The second-order valence-corrected chi connectivity index (χ2v) is 8.68. The summed E-state index contributed by atoms with van der Waals surface area (Å²) in [5, 5.41) is 3.64. The van der Waals surface area contributed by atoms with Crippen molar-refractivity contribution in [2.45, 2.75) is 53.0 Å². The number of carbonyl (C=O) groups is 3. The molecule has 27 heavy (non-hydrogen) atoms. The molecule has 1 amide bonds. The van der Waals surface area contributed by atoms with Gasteiger partial charge in [0.25, 0.3) is 0 Å². The van der Waals surface area contributed by atoms with E-state index in [1.54, 1.807) is 6.20 Å². The molecule has 0 spiro atoms. The molecule has 2 unspecified atom stereocenters. The Morgan fingerprint density at radius 3 is 2.44 bits per heavy atom. The predicted molar refractivity (Wildman–Crippen MR) is 105 cm³/mol. The van der Waals surface area contributed by atoms with Crippen molar-refractivity contribution in [3.8, 4) is 0 Å². The summed E-state index contributed by atoms with van der Waals surface area (Å²) in [6.07, 6.45) is 1.96. The quantitative estimate of drug-likeness (QED) is 0.803. The molecule has 1 fully saturated rings. The molecule has 1 aromatic carbocycles. The number of ketones is 2. The van der Waals surface area contributed by atoms with E-state index in [4.69, 9.17) is 0 Å². The van der Waals surface area contributed by atoms with E-state index in [1.165, 1.54) is 11.3 Å². The molecule has 2 atom stereocenters. The maximum absolute atomic E-state index is 12.9. The number of Topliss-reactive ketones (excluding diaryl/α,β-unsaturated/α-hetero) is 2. The van der Waals surface area contributed by atoms with Crippen LogP contribution in [-0.4, -0.2) is 22.5 Å². The molecule has 0 bridgehead atoms. The van der Waals surface area contributed by atoms with Crippen molar-refractivity contribution >= 4 is 28.8 Å². The first-order chi connectivity index (χ1) is 12.8. The van der Waals surface area contributed by atoms with Crippen molar-refractivity contribution in [1.29, 1.82) is 0 Å². The number of rotatable bonds is 5. The van der Waals surface area contributed by atoms with Crippen LogP contribution < -0.4 is 5.32 Å². The molecule has 1 saturated carbocycles. The number of nitrogens with one attached hydrogen (secondary N) is 1. The molecule has 1 aliphatic rings. The number of aromatic nitrogens is 1. The van der Waals surface area contributed by atoms with E-state index in [1.807, 2.05) is 39.8 Å². The zero-order valence-electron chi connectivity index (χ0n) is 16.1. The summed E-state index contributed by atoms with van der Waals surface area (Å²) in [7, 11) is 0. The van der Waals surface area contributed by atoms with Crippen molar-refractivity contribution < 1.29 is 14.4 Å². The number of amides is 1. The number of hydrogen-bond acceptors (Lipinski definition) is 5. The van der Waals surface area contributed by atoms with E-state index in [-0.39, 0.29) is 30.3 Å². The van der Waals surface area contributed by atoms with Crippen molar-refractivity contribution in [2.75, 3.05) is 0 Å². The highest BCUT2D eigenvalue weighted by atomic mass is 32.1. The lowest BCUT2D eigenvalue weighted by molar-refractivity contribution is -0.128. The molecule has 6 heteroatoms. The maximum atomic E-state index is 12.9. The van der Waals surface area contributed by atoms with Crippen LogP contribution in [0.25, 0.3) is 0 Å².